The summed E-state index contributed by atoms with van der Waals surface area (Å²) >= 11 is 0. The number of carbonyl (C=O) groups excluding carboxylic acids is 1. The first-order chi connectivity index (χ1) is 13.6. The quantitative estimate of drug-likeness (QED) is 0.751. The molecule has 1 N–H and O–H groups in total. The summed E-state index contributed by atoms with van der Waals surface area (Å²) in [6.45, 7) is 0.179. The van der Waals surface area contributed by atoms with Crippen LogP contribution in [-0.2, 0) is 28.4 Å². The molecule has 1 saturated heterocycles. The number of amides is 1. The van der Waals surface area contributed by atoms with Crippen LogP contribution in [0.2, 0.25) is 0 Å². The maximum absolute atomic E-state index is 13.7. The van der Waals surface area contributed by atoms with E-state index in [4.69, 9.17) is 0 Å². The van der Waals surface area contributed by atoms with Crippen molar-refractivity contribution < 1.29 is 22.0 Å². The van der Waals surface area contributed by atoms with Gasteiger partial charge in [0.05, 0.1) is 11.9 Å². The normalized spacial score (nSPS) is 16.1. The molecule has 0 aliphatic carbocycles. The van der Waals surface area contributed by atoms with Gasteiger partial charge in [-0.3, -0.25) is 9.36 Å². The Hall–Kier alpha value is -2.60. The van der Waals surface area contributed by atoms with E-state index in [9.17, 15) is 26.8 Å². The van der Waals surface area contributed by atoms with Gasteiger partial charge in [0.1, 0.15) is 24.0 Å². The number of benzene rings is 1. The number of piperidine rings is 1. The van der Waals surface area contributed by atoms with Gasteiger partial charge < -0.3 is 5.32 Å². The maximum Gasteiger partial charge on any atom is 0.346 e. The summed E-state index contributed by atoms with van der Waals surface area (Å²) in [6, 6.07) is 2.66. The number of carbonyl (C=O) groups is 1. The van der Waals surface area contributed by atoms with E-state index in [0.717, 1.165) is 29.1 Å². The minimum atomic E-state index is -3.27. The predicted octanol–water partition coefficient (Wildman–Crippen LogP) is 0.638. The van der Waals surface area contributed by atoms with Crippen LogP contribution in [-0.4, -0.2) is 52.3 Å². The molecule has 0 bridgehead atoms. The molecule has 29 heavy (non-hydrogen) atoms. The second-order valence-electron chi connectivity index (χ2n) is 6.97. The van der Waals surface area contributed by atoms with Crippen molar-refractivity contribution in [2.45, 2.75) is 25.3 Å². The Labute approximate surface area is 166 Å². The molecular weight excluding hydrogens is 408 g/mol. The highest BCUT2D eigenvalue weighted by Gasteiger charge is 2.29. The summed E-state index contributed by atoms with van der Waals surface area (Å²) in [5.41, 5.74) is -0.854. The highest BCUT2D eigenvalue weighted by molar-refractivity contribution is 7.88. The molecule has 1 aromatic heterocycles. The van der Waals surface area contributed by atoms with Crippen LogP contribution in [0.4, 0.5) is 14.5 Å². The number of anilines is 1. The van der Waals surface area contributed by atoms with Gasteiger partial charge in [-0.2, -0.15) is 5.10 Å². The average Bonchev–Trinajstić information content (AvgIpc) is 2.92. The third-order valence-electron chi connectivity index (χ3n) is 4.86. The van der Waals surface area contributed by atoms with E-state index in [0.29, 0.717) is 31.8 Å². The lowest BCUT2D eigenvalue weighted by Crippen LogP contribution is -2.37. The summed E-state index contributed by atoms with van der Waals surface area (Å²) < 4.78 is 53.8. The molecule has 0 atom stereocenters. The Morgan fingerprint density at radius 3 is 2.55 bits per heavy atom. The van der Waals surface area contributed by atoms with Crippen molar-refractivity contribution in [1.29, 1.82) is 0 Å². The molecule has 12 heteroatoms. The lowest BCUT2D eigenvalue weighted by Gasteiger charge is -2.29. The van der Waals surface area contributed by atoms with Crippen LogP contribution in [0, 0.1) is 11.6 Å². The van der Waals surface area contributed by atoms with Crippen molar-refractivity contribution in [2.24, 2.45) is 7.05 Å². The van der Waals surface area contributed by atoms with Crippen LogP contribution in [0.1, 0.15) is 24.6 Å². The summed E-state index contributed by atoms with van der Waals surface area (Å²) in [5, 5.41) is 6.43. The second-order valence-corrected chi connectivity index (χ2v) is 8.95. The first-order valence-corrected chi connectivity index (χ1v) is 10.7. The molecule has 2 heterocycles. The Morgan fingerprint density at radius 1 is 1.28 bits per heavy atom. The minimum Gasteiger partial charge on any atom is -0.322 e. The fourth-order valence-corrected chi connectivity index (χ4v) is 4.20. The van der Waals surface area contributed by atoms with Crippen LogP contribution >= 0.6 is 0 Å². The number of halogens is 2. The van der Waals surface area contributed by atoms with E-state index in [-0.39, 0.29) is 11.6 Å². The molecular formula is C17H21F2N5O4S. The number of nitrogens with one attached hydrogen (secondary N) is 1. The highest BCUT2D eigenvalue weighted by atomic mass is 32.2. The second kappa shape index (κ2) is 8.03. The predicted molar refractivity (Wildman–Crippen MR) is 101 cm³/mol. The third kappa shape index (κ3) is 4.70. The Balaban J connectivity index is 1.71. The van der Waals surface area contributed by atoms with E-state index in [1.807, 2.05) is 0 Å². The molecule has 0 saturated carbocycles. The molecule has 2 aromatic rings. The number of nitrogens with zero attached hydrogens (tertiary/aromatic N) is 4. The van der Waals surface area contributed by atoms with Crippen molar-refractivity contribution >= 4 is 21.6 Å². The molecule has 1 aromatic carbocycles. The fourth-order valence-electron chi connectivity index (χ4n) is 3.33. The molecule has 1 aliphatic heterocycles. The van der Waals surface area contributed by atoms with Crippen LogP contribution < -0.4 is 11.0 Å². The number of rotatable bonds is 5. The zero-order valence-corrected chi connectivity index (χ0v) is 16.7. The lowest BCUT2D eigenvalue weighted by molar-refractivity contribution is -0.117. The molecule has 0 spiro atoms. The Bertz CT molecular complexity index is 1090. The van der Waals surface area contributed by atoms with Gasteiger partial charge in [-0.05, 0) is 25.0 Å². The zero-order chi connectivity index (χ0) is 21.3. The molecule has 1 aliphatic rings. The Kier molecular flexibility index (Phi) is 5.85. The van der Waals surface area contributed by atoms with Crippen LogP contribution in [0.15, 0.2) is 23.0 Å². The maximum atomic E-state index is 13.7. The standard InChI is InChI=1S/C17H21F2N5O4S/c1-22-16(11-5-7-23(8-6-11)29(2,27)28)21-24(17(22)26)10-15(25)20-14-9-12(18)3-4-13(14)19/h3-4,9,11H,5-8,10H2,1-2H3,(H,20,25). The summed E-state index contributed by atoms with van der Waals surface area (Å²) in [5.74, 6) is -1.91. The van der Waals surface area contributed by atoms with Crippen LogP contribution in [0.25, 0.3) is 0 Å². The topological polar surface area (TPSA) is 106 Å². The van der Waals surface area contributed by atoms with Crippen molar-refractivity contribution in [3.05, 3.63) is 46.1 Å². The van der Waals surface area contributed by atoms with Gasteiger partial charge in [0.25, 0.3) is 0 Å². The smallest absolute Gasteiger partial charge is 0.322 e. The molecule has 1 fully saturated rings. The summed E-state index contributed by atoms with van der Waals surface area (Å²) in [7, 11) is -1.75. The third-order valence-corrected chi connectivity index (χ3v) is 6.16. The van der Waals surface area contributed by atoms with Gasteiger partial charge in [-0.1, -0.05) is 0 Å². The van der Waals surface area contributed by atoms with Crippen molar-refractivity contribution in [3.63, 3.8) is 0 Å². The van der Waals surface area contributed by atoms with E-state index < -0.39 is 39.8 Å². The Morgan fingerprint density at radius 2 is 1.93 bits per heavy atom. The highest BCUT2D eigenvalue weighted by Crippen LogP contribution is 2.26. The molecule has 0 unspecified atom stereocenters. The van der Waals surface area contributed by atoms with Gasteiger partial charge in [-0.15, -0.1) is 0 Å². The first kappa shape index (κ1) is 21.1. The number of hydrogen-bond acceptors (Lipinski definition) is 5. The van der Waals surface area contributed by atoms with E-state index in [1.165, 1.54) is 15.9 Å². The SMILES string of the molecule is Cn1c(C2CCN(S(C)(=O)=O)CC2)nn(CC(=O)Nc2cc(F)ccc2F)c1=O. The first-order valence-electron chi connectivity index (χ1n) is 8.90. The van der Waals surface area contributed by atoms with E-state index in [1.54, 1.807) is 0 Å². The molecule has 158 valence electrons. The van der Waals surface area contributed by atoms with Gasteiger partial charge in [0.2, 0.25) is 15.9 Å². The number of aromatic nitrogens is 3. The molecule has 0 radical (unpaired) electrons. The number of hydrogen-bond donors (Lipinski definition) is 1. The lowest BCUT2D eigenvalue weighted by atomic mass is 9.97. The fraction of sp³-hybridized carbons (Fsp3) is 0.471. The molecule has 9 nitrogen and oxygen atoms in total. The summed E-state index contributed by atoms with van der Waals surface area (Å²) in [4.78, 5) is 24.6. The van der Waals surface area contributed by atoms with Gasteiger partial charge in [0.15, 0.2) is 0 Å². The van der Waals surface area contributed by atoms with E-state index in [2.05, 4.69) is 10.4 Å². The number of sulfonamides is 1. The van der Waals surface area contributed by atoms with Gasteiger partial charge in [-0.25, -0.2) is 31.0 Å². The van der Waals surface area contributed by atoms with Crippen molar-refractivity contribution in [1.82, 2.24) is 18.7 Å². The van der Waals surface area contributed by atoms with Crippen molar-refractivity contribution in [3.8, 4) is 0 Å². The average molecular weight is 429 g/mol. The van der Waals surface area contributed by atoms with Gasteiger partial charge >= 0.3 is 5.69 Å². The molecule has 3 rings (SSSR count). The van der Waals surface area contributed by atoms with E-state index >= 15 is 0 Å². The van der Waals surface area contributed by atoms with Crippen LogP contribution in [0.5, 0.6) is 0 Å². The van der Waals surface area contributed by atoms with Crippen LogP contribution in [0.3, 0.4) is 0 Å². The molecule has 1 amide bonds. The van der Waals surface area contributed by atoms with Crippen molar-refractivity contribution in [2.75, 3.05) is 24.7 Å². The van der Waals surface area contributed by atoms with Gasteiger partial charge in [0, 0.05) is 32.1 Å². The minimum absolute atomic E-state index is 0.129. The zero-order valence-electron chi connectivity index (χ0n) is 15.9. The monoisotopic (exact) mass is 429 g/mol. The summed E-state index contributed by atoms with van der Waals surface area (Å²) in [6.07, 6.45) is 2.15. The largest absolute Gasteiger partial charge is 0.346 e.